The maximum Gasteiger partial charge on any atom is 0.0934 e. The van der Waals surface area contributed by atoms with Gasteiger partial charge in [-0.2, -0.15) is 0 Å². The van der Waals surface area contributed by atoms with Crippen molar-refractivity contribution in [1.29, 1.82) is 0 Å². The lowest BCUT2D eigenvalue weighted by molar-refractivity contribution is 0.178. The normalized spacial score (nSPS) is 17.8. The van der Waals surface area contributed by atoms with Crippen LogP contribution < -0.4 is 10.2 Å². The first-order valence-electron chi connectivity index (χ1n) is 6.90. The second kappa shape index (κ2) is 6.21. The minimum absolute atomic E-state index is 0.424. The molecule has 0 aliphatic carbocycles. The van der Waals surface area contributed by atoms with E-state index in [-0.39, 0.29) is 0 Å². The second-order valence-corrected chi connectivity index (χ2v) is 5.18. The summed E-state index contributed by atoms with van der Waals surface area (Å²) in [5.41, 5.74) is 3.48. The van der Waals surface area contributed by atoms with Crippen molar-refractivity contribution >= 4 is 5.69 Å². The van der Waals surface area contributed by atoms with Crippen molar-refractivity contribution in [2.75, 3.05) is 31.6 Å². The SMILES string of the molecule is CNCC(O)c1cc(C)ccc1N1CCCCC1. The van der Waals surface area contributed by atoms with Crippen LogP contribution in [0, 0.1) is 6.92 Å². The molecule has 2 N–H and O–H groups in total. The Hall–Kier alpha value is -1.06. The Balaban J connectivity index is 2.27. The summed E-state index contributed by atoms with van der Waals surface area (Å²) < 4.78 is 0. The second-order valence-electron chi connectivity index (χ2n) is 5.18. The minimum atomic E-state index is -0.424. The third-order valence-corrected chi connectivity index (χ3v) is 3.64. The molecule has 2 rings (SSSR count). The van der Waals surface area contributed by atoms with Crippen LogP contribution in [-0.2, 0) is 0 Å². The lowest BCUT2D eigenvalue weighted by Gasteiger charge is -2.32. The molecule has 1 fully saturated rings. The highest BCUT2D eigenvalue weighted by Crippen LogP contribution is 2.29. The first kappa shape index (κ1) is 13.4. The maximum atomic E-state index is 10.3. The number of aliphatic hydroxyl groups is 1. The van der Waals surface area contributed by atoms with E-state index in [0.29, 0.717) is 6.54 Å². The van der Waals surface area contributed by atoms with Gasteiger partial charge in [-0.15, -0.1) is 0 Å². The van der Waals surface area contributed by atoms with E-state index in [1.54, 1.807) is 0 Å². The van der Waals surface area contributed by atoms with E-state index in [0.717, 1.165) is 18.7 Å². The summed E-state index contributed by atoms with van der Waals surface area (Å²) in [5.74, 6) is 0. The fraction of sp³-hybridized carbons (Fsp3) is 0.600. The number of anilines is 1. The molecule has 1 heterocycles. The van der Waals surface area contributed by atoms with Crippen molar-refractivity contribution in [2.45, 2.75) is 32.3 Å². The van der Waals surface area contributed by atoms with E-state index < -0.39 is 6.10 Å². The fourth-order valence-corrected chi connectivity index (χ4v) is 2.67. The number of likely N-dealkylation sites (N-methyl/N-ethyl adjacent to an activating group) is 1. The van der Waals surface area contributed by atoms with Crippen LogP contribution in [0.1, 0.15) is 36.5 Å². The van der Waals surface area contributed by atoms with E-state index in [4.69, 9.17) is 0 Å². The van der Waals surface area contributed by atoms with Gasteiger partial charge in [0.1, 0.15) is 0 Å². The van der Waals surface area contributed by atoms with E-state index in [1.165, 1.54) is 30.5 Å². The first-order chi connectivity index (χ1) is 8.72. The first-order valence-corrected chi connectivity index (χ1v) is 6.90. The van der Waals surface area contributed by atoms with Gasteiger partial charge >= 0.3 is 0 Å². The Morgan fingerprint density at radius 3 is 2.67 bits per heavy atom. The Morgan fingerprint density at radius 2 is 2.00 bits per heavy atom. The molecule has 100 valence electrons. The van der Waals surface area contributed by atoms with Crippen LogP contribution in [0.5, 0.6) is 0 Å². The summed E-state index contributed by atoms with van der Waals surface area (Å²) in [4.78, 5) is 2.41. The summed E-state index contributed by atoms with van der Waals surface area (Å²) in [7, 11) is 1.87. The zero-order chi connectivity index (χ0) is 13.0. The Bertz CT molecular complexity index is 386. The summed E-state index contributed by atoms with van der Waals surface area (Å²) >= 11 is 0. The Morgan fingerprint density at radius 1 is 1.28 bits per heavy atom. The predicted molar refractivity (Wildman–Crippen MR) is 76.1 cm³/mol. The fourth-order valence-electron chi connectivity index (χ4n) is 2.67. The third-order valence-electron chi connectivity index (χ3n) is 3.64. The van der Waals surface area contributed by atoms with E-state index in [1.807, 2.05) is 7.05 Å². The number of piperidine rings is 1. The van der Waals surface area contributed by atoms with Gasteiger partial charge in [0.15, 0.2) is 0 Å². The van der Waals surface area contributed by atoms with Gasteiger partial charge in [-0.3, -0.25) is 0 Å². The van der Waals surface area contributed by atoms with E-state index >= 15 is 0 Å². The number of hydrogen-bond acceptors (Lipinski definition) is 3. The molecule has 0 aromatic heterocycles. The quantitative estimate of drug-likeness (QED) is 0.858. The largest absolute Gasteiger partial charge is 0.387 e. The molecule has 0 bridgehead atoms. The number of rotatable bonds is 4. The molecule has 1 saturated heterocycles. The van der Waals surface area contributed by atoms with Gasteiger partial charge in [0.25, 0.3) is 0 Å². The highest BCUT2D eigenvalue weighted by molar-refractivity contribution is 5.56. The average molecular weight is 248 g/mol. The molecule has 0 spiro atoms. The molecular weight excluding hydrogens is 224 g/mol. The van der Waals surface area contributed by atoms with Crippen LogP contribution in [0.4, 0.5) is 5.69 Å². The predicted octanol–water partition coefficient (Wildman–Crippen LogP) is 2.24. The van der Waals surface area contributed by atoms with Crippen molar-refractivity contribution < 1.29 is 5.11 Å². The molecule has 1 atom stereocenters. The lowest BCUT2D eigenvalue weighted by Crippen LogP contribution is -2.31. The molecule has 1 aromatic carbocycles. The number of hydrogen-bond donors (Lipinski definition) is 2. The molecule has 18 heavy (non-hydrogen) atoms. The van der Waals surface area contributed by atoms with Crippen molar-refractivity contribution in [3.63, 3.8) is 0 Å². The number of aliphatic hydroxyl groups excluding tert-OH is 1. The zero-order valence-electron chi connectivity index (χ0n) is 11.4. The van der Waals surface area contributed by atoms with Gasteiger partial charge in [0.2, 0.25) is 0 Å². The molecular formula is C15H24N2O. The zero-order valence-corrected chi connectivity index (χ0v) is 11.4. The van der Waals surface area contributed by atoms with Crippen molar-refractivity contribution in [3.8, 4) is 0 Å². The average Bonchev–Trinajstić information content (AvgIpc) is 2.40. The molecule has 3 heteroatoms. The van der Waals surface area contributed by atoms with Crippen LogP contribution in [0.3, 0.4) is 0 Å². The minimum Gasteiger partial charge on any atom is -0.387 e. The highest BCUT2D eigenvalue weighted by Gasteiger charge is 2.18. The number of nitrogens with one attached hydrogen (secondary N) is 1. The van der Waals surface area contributed by atoms with Crippen LogP contribution in [0.25, 0.3) is 0 Å². The molecule has 0 saturated carbocycles. The molecule has 1 aliphatic heterocycles. The molecule has 0 radical (unpaired) electrons. The Labute approximate surface area is 110 Å². The van der Waals surface area contributed by atoms with Gasteiger partial charge in [-0.1, -0.05) is 17.7 Å². The summed E-state index contributed by atoms with van der Waals surface area (Å²) in [5, 5.41) is 13.3. The number of benzene rings is 1. The molecule has 1 aliphatic rings. The van der Waals surface area contributed by atoms with Crippen LogP contribution in [0.15, 0.2) is 18.2 Å². The van der Waals surface area contributed by atoms with Crippen LogP contribution in [-0.4, -0.2) is 31.8 Å². The summed E-state index contributed by atoms with van der Waals surface area (Å²) in [6.07, 6.45) is 3.42. The topological polar surface area (TPSA) is 35.5 Å². The van der Waals surface area contributed by atoms with Gasteiger partial charge in [0.05, 0.1) is 6.10 Å². The number of nitrogens with zero attached hydrogens (tertiary/aromatic N) is 1. The summed E-state index contributed by atoms with van der Waals surface area (Å²) in [6, 6.07) is 6.42. The van der Waals surface area contributed by atoms with Crippen molar-refractivity contribution in [2.24, 2.45) is 0 Å². The van der Waals surface area contributed by atoms with E-state index in [9.17, 15) is 5.11 Å². The van der Waals surface area contributed by atoms with E-state index in [2.05, 4.69) is 35.3 Å². The molecule has 1 unspecified atom stereocenters. The summed E-state index contributed by atoms with van der Waals surface area (Å²) in [6.45, 7) is 4.91. The molecule has 3 nitrogen and oxygen atoms in total. The van der Waals surface area contributed by atoms with Crippen molar-refractivity contribution in [1.82, 2.24) is 5.32 Å². The highest BCUT2D eigenvalue weighted by atomic mass is 16.3. The smallest absolute Gasteiger partial charge is 0.0934 e. The van der Waals surface area contributed by atoms with Gasteiger partial charge < -0.3 is 15.3 Å². The monoisotopic (exact) mass is 248 g/mol. The standard InChI is InChI=1S/C15H24N2O/c1-12-6-7-14(17-8-4-3-5-9-17)13(10-12)15(18)11-16-2/h6-7,10,15-16,18H,3-5,8-9,11H2,1-2H3. The molecule has 1 aromatic rings. The van der Waals surface area contributed by atoms with Crippen LogP contribution in [0.2, 0.25) is 0 Å². The van der Waals surface area contributed by atoms with Crippen LogP contribution >= 0.6 is 0 Å². The number of aryl methyl sites for hydroxylation is 1. The third kappa shape index (κ3) is 3.03. The maximum absolute atomic E-state index is 10.3. The van der Waals surface area contributed by atoms with Gasteiger partial charge in [0, 0.05) is 30.9 Å². The van der Waals surface area contributed by atoms with Crippen molar-refractivity contribution in [3.05, 3.63) is 29.3 Å². The van der Waals surface area contributed by atoms with Gasteiger partial charge in [-0.25, -0.2) is 0 Å². The Kier molecular flexibility index (Phi) is 4.61. The lowest BCUT2D eigenvalue weighted by atomic mass is 10.0. The molecule has 0 amide bonds. The van der Waals surface area contributed by atoms with Gasteiger partial charge in [-0.05, 0) is 39.3 Å².